The SMILES string of the molecule is CC(=O)NC(Cc1cc(F)cc(F)c1)C(O)CNCCCCNCCc1cccc(C(C)(C)C)c1. The van der Waals surface area contributed by atoms with E-state index in [2.05, 4.69) is 61.0 Å². The van der Waals surface area contributed by atoms with Crippen LogP contribution in [-0.2, 0) is 23.1 Å². The smallest absolute Gasteiger partial charge is 0.217 e. The van der Waals surface area contributed by atoms with Gasteiger partial charge in [0.2, 0.25) is 5.91 Å². The summed E-state index contributed by atoms with van der Waals surface area (Å²) in [6.45, 7) is 10.9. The van der Waals surface area contributed by atoms with E-state index in [0.717, 1.165) is 45.0 Å². The van der Waals surface area contributed by atoms with Crippen molar-refractivity contribution in [2.24, 2.45) is 0 Å². The first kappa shape index (κ1) is 28.9. The third-order valence-corrected chi connectivity index (χ3v) is 5.93. The van der Waals surface area contributed by atoms with Gasteiger partial charge >= 0.3 is 0 Å². The van der Waals surface area contributed by atoms with Crippen molar-refractivity contribution in [2.75, 3.05) is 26.2 Å². The Balaban J connectivity index is 1.63. The predicted molar refractivity (Wildman–Crippen MR) is 137 cm³/mol. The molecule has 2 unspecified atom stereocenters. The molecule has 0 aliphatic heterocycles. The summed E-state index contributed by atoms with van der Waals surface area (Å²) in [4.78, 5) is 11.5. The van der Waals surface area contributed by atoms with E-state index < -0.39 is 23.8 Å². The number of aliphatic hydroxyl groups excluding tert-OH is 1. The van der Waals surface area contributed by atoms with Crippen molar-refractivity contribution in [2.45, 2.75) is 70.9 Å². The zero-order valence-electron chi connectivity index (χ0n) is 21.5. The molecule has 2 rings (SSSR count). The molecule has 0 spiro atoms. The molecule has 2 aromatic rings. The number of nitrogens with one attached hydrogen (secondary N) is 3. The molecule has 0 aliphatic rings. The van der Waals surface area contributed by atoms with Crippen LogP contribution in [0.15, 0.2) is 42.5 Å². The number of hydrogen-bond acceptors (Lipinski definition) is 4. The average molecular weight is 490 g/mol. The second kappa shape index (κ2) is 14.3. The van der Waals surface area contributed by atoms with Crippen molar-refractivity contribution in [3.8, 4) is 0 Å². The molecule has 194 valence electrons. The molecule has 1 amide bonds. The Kier molecular flexibility index (Phi) is 11.8. The van der Waals surface area contributed by atoms with Gasteiger partial charge in [0.25, 0.3) is 0 Å². The molecule has 0 saturated heterocycles. The van der Waals surface area contributed by atoms with Crippen molar-refractivity contribution < 1.29 is 18.7 Å². The fraction of sp³-hybridized carbons (Fsp3) is 0.536. The Labute approximate surface area is 208 Å². The van der Waals surface area contributed by atoms with Crippen LogP contribution < -0.4 is 16.0 Å². The molecule has 0 aromatic heterocycles. The van der Waals surface area contributed by atoms with E-state index in [1.54, 1.807) is 0 Å². The average Bonchev–Trinajstić information content (AvgIpc) is 2.76. The normalized spacial score (nSPS) is 13.5. The zero-order valence-corrected chi connectivity index (χ0v) is 21.5. The maximum Gasteiger partial charge on any atom is 0.217 e. The molecule has 0 saturated carbocycles. The van der Waals surface area contributed by atoms with Gasteiger partial charge in [0, 0.05) is 19.5 Å². The molecule has 0 heterocycles. The fourth-order valence-corrected chi connectivity index (χ4v) is 3.97. The van der Waals surface area contributed by atoms with Crippen LogP contribution >= 0.6 is 0 Å². The summed E-state index contributed by atoms with van der Waals surface area (Å²) in [5.74, 6) is -1.66. The largest absolute Gasteiger partial charge is 0.390 e. The minimum Gasteiger partial charge on any atom is -0.390 e. The zero-order chi connectivity index (χ0) is 25.8. The molecule has 2 aromatic carbocycles. The predicted octanol–water partition coefficient (Wildman–Crippen LogP) is 3.87. The minimum atomic E-state index is -0.882. The van der Waals surface area contributed by atoms with Gasteiger partial charge in [-0.3, -0.25) is 4.79 Å². The van der Waals surface area contributed by atoms with Crippen molar-refractivity contribution in [1.82, 2.24) is 16.0 Å². The van der Waals surface area contributed by atoms with Gasteiger partial charge in [-0.2, -0.15) is 0 Å². The van der Waals surface area contributed by atoms with Gasteiger partial charge in [-0.25, -0.2) is 8.78 Å². The number of halogens is 2. The first-order valence-corrected chi connectivity index (χ1v) is 12.5. The summed E-state index contributed by atoms with van der Waals surface area (Å²) in [7, 11) is 0. The fourth-order valence-electron chi connectivity index (χ4n) is 3.97. The Morgan fingerprint density at radius 1 is 0.943 bits per heavy atom. The Morgan fingerprint density at radius 3 is 2.23 bits per heavy atom. The van der Waals surface area contributed by atoms with E-state index in [9.17, 15) is 18.7 Å². The van der Waals surface area contributed by atoms with Gasteiger partial charge in [-0.15, -0.1) is 0 Å². The summed E-state index contributed by atoms with van der Waals surface area (Å²) < 4.78 is 27.0. The molecule has 7 heteroatoms. The van der Waals surface area contributed by atoms with Crippen molar-refractivity contribution in [3.63, 3.8) is 0 Å². The van der Waals surface area contributed by atoms with Gasteiger partial charge in [0.15, 0.2) is 0 Å². The summed E-state index contributed by atoms with van der Waals surface area (Å²) in [5.41, 5.74) is 3.24. The van der Waals surface area contributed by atoms with Crippen LogP contribution in [0.3, 0.4) is 0 Å². The summed E-state index contributed by atoms with van der Waals surface area (Å²) in [5, 5.41) is 19.9. The second-order valence-electron chi connectivity index (χ2n) is 10.2. The number of amides is 1. The lowest BCUT2D eigenvalue weighted by molar-refractivity contribution is -0.120. The van der Waals surface area contributed by atoms with Crippen molar-refractivity contribution in [3.05, 3.63) is 70.8 Å². The van der Waals surface area contributed by atoms with Crippen molar-refractivity contribution in [1.29, 1.82) is 0 Å². The topological polar surface area (TPSA) is 73.4 Å². The summed E-state index contributed by atoms with van der Waals surface area (Å²) >= 11 is 0. The van der Waals surface area contributed by atoms with E-state index in [1.807, 2.05) is 0 Å². The quantitative estimate of drug-likeness (QED) is 0.304. The van der Waals surface area contributed by atoms with Gasteiger partial charge in [-0.05, 0) is 79.6 Å². The maximum absolute atomic E-state index is 13.5. The van der Waals surface area contributed by atoms with Crippen LogP contribution in [0.2, 0.25) is 0 Å². The lowest BCUT2D eigenvalue weighted by atomic mass is 9.86. The number of carbonyl (C=O) groups is 1. The van der Waals surface area contributed by atoms with Crippen LogP contribution in [0.4, 0.5) is 8.78 Å². The van der Waals surface area contributed by atoms with Crippen LogP contribution in [0.1, 0.15) is 57.2 Å². The number of unbranched alkanes of at least 4 members (excludes halogenated alkanes) is 1. The number of hydrogen-bond donors (Lipinski definition) is 4. The van der Waals surface area contributed by atoms with E-state index in [0.29, 0.717) is 5.56 Å². The number of carbonyl (C=O) groups excluding carboxylic acids is 1. The molecular formula is C28H41F2N3O2. The second-order valence-corrected chi connectivity index (χ2v) is 10.2. The molecule has 0 aliphatic carbocycles. The summed E-state index contributed by atoms with van der Waals surface area (Å²) in [6, 6.07) is 11.4. The van der Waals surface area contributed by atoms with E-state index in [-0.39, 0.29) is 24.3 Å². The Morgan fingerprint density at radius 2 is 1.60 bits per heavy atom. The number of aliphatic hydroxyl groups is 1. The van der Waals surface area contributed by atoms with Gasteiger partial charge in [-0.1, -0.05) is 45.0 Å². The standard InChI is InChI=1S/C28H41F2N3O2/c1-20(34)33-26(17-22-15-24(29)18-25(30)16-22)27(35)19-32-12-6-5-11-31-13-10-21-8-7-9-23(14-21)28(2,3)4/h7-9,14-16,18,26-27,31-32,35H,5-6,10-13,17,19H2,1-4H3,(H,33,34). The van der Waals surface area contributed by atoms with Gasteiger partial charge in [0.05, 0.1) is 12.1 Å². The Hall–Kier alpha value is -2.35. The highest BCUT2D eigenvalue weighted by molar-refractivity contribution is 5.73. The van der Waals surface area contributed by atoms with Crippen molar-refractivity contribution >= 4 is 5.91 Å². The van der Waals surface area contributed by atoms with Crippen LogP contribution in [0, 0.1) is 11.6 Å². The molecule has 35 heavy (non-hydrogen) atoms. The first-order valence-electron chi connectivity index (χ1n) is 12.5. The summed E-state index contributed by atoms with van der Waals surface area (Å²) in [6.07, 6.45) is 2.20. The first-order chi connectivity index (χ1) is 16.5. The lowest BCUT2D eigenvalue weighted by Gasteiger charge is -2.24. The molecular weight excluding hydrogens is 448 g/mol. The third-order valence-electron chi connectivity index (χ3n) is 5.93. The van der Waals surface area contributed by atoms with Gasteiger partial charge in [0.1, 0.15) is 11.6 Å². The maximum atomic E-state index is 13.5. The van der Waals surface area contributed by atoms with Crippen LogP contribution in [0.5, 0.6) is 0 Å². The third kappa shape index (κ3) is 11.3. The number of rotatable bonds is 14. The number of benzene rings is 2. The lowest BCUT2D eigenvalue weighted by Crippen LogP contribution is -2.48. The highest BCUT2D eigenvalue weighted by Gasteiger charge is 2.21. The molecule has 0 radical (unpaired) electrons. The van der Waals surface area contributed by atoms with Gasteiger partial charge < -0.3 is 21.1 Å². The highest BCUT2D eigenvalue weighted by atomic mass is 19.1. The van der Waals surface area contributed by atoms with E-state index in [1.165, 1.54) is 30.2 Å². The van der Waals surface area contributed by atoms with Crippen LogP contribution in [-0.4, -0.2) is 49.3 Å². The minimum absolute atomic E-state index is 0.139. The highest BCUT2D eigenvalue weighted by Crippen LogP contribution is 2.22. The molecule has 2 atom stereocenters. The van der Waals surface area contributed by atoms with E-state index >= 15 is 0 Å². The Bertz CT molecular complexity index is 910. The molecule has 0 fully saturated rings. The molecule has 0 bridgehead atoms. The molecule has 5 nitrogen and oxygen atoms in total. The van der Waals surface area contributed by atoms with Crippen LogP contribution in [0.25, 0.3) is 0 Å². The van der Waals surface area contributed by atoms with E-state index in [4.69, 9.17) is 0 Å². The monoisotopic (exact) mass is 489 g/mol. The molecule has 4 N–H and O–H groups in total.